The molecule has 2 bridgehead atoms. The van der Waals surface area contributed by atoms with E-state index >= 15 is 0 Å². The molecule has 0 amide bonds. The van der Waals surface area contributed by atoms with Crippen LogP contribution in [0.2, 0.25) is 0 Å². The molecule has 102 valence electrons. The van der Waals surface area contributed by atoms with Crippen molar-refractivity contribution in [2.24, 2.45) is 11.8 Å². The van der Waals surface area contributed by atoms with E-state index in [-0.39, 0.29) is 0 Å². The predicted molar refractivity (Wildman–Crippen MR) is 73.9 cm³/mol. The summed E-state index contributed by atoms with van der Waals surface area (Å²) in [6.07, 6.45) is 5.01. The summed E-state index contributed by atoms with van der Waals surface area (Å²) in [6, 6.07) is 6.13. The van der Waals surface area contributed by atoms with Gasteiger partial charge in [-0.15, -0.1) is 11.8 Å². The zero-order chi connectivity index (χ0) is 13.0. The average Bonchev–Trinajstić information content (AvgIpc) is 2.99. The van der Waals surface area contributed by atoms with Gasteiger partial charge >= 0.3 is 0 Å². The fraction of sp³-hybridized carbons (Fsp3) is 0.667. The fourth-order valence-corrected chi connectivity index (χ4v) is 5.28. The van der Waals surface area contributed by atoms with E-state index < -0.39 is 5.79 Å². The van der Waals surface area contributed by atoms with Crippen LogP contribution in [0.15, 0.2) is 29.4 Å². The highest BCUT2D eigenvalue weighted by atomic mass is 32.2. The summed E-state index contributed by atoms with van der Waals surface area (Å²) in [4.78, 5) is 4.43. The second kappa shape index (κ2) is 4.21. The van der Waals surface area contributed by atoms with Crippen LogP contribution >= 0.6 is 11.8 Å². The van der Waals surface area contributed by atoms with Gasteiger partial charge in [0, 0.05) is 17.4 Å². The van der Waals surface area contributed by atoms with Crippen LogP contribution in [-0.4, -0.2) is 28.2 Å². The lowest BCUT2D eigenvalue weighted by atomic mass is 9.95. The first kappa shape index (κ1) is 12.2. The number of fused-ring (bicyclic) bond motifs is 5. The first-order valence-electron chi connectivity index (χ1n) is 7.06. The van der Waals surface area contributed by atoms with E-state index in [4.69, 9.17) is 9.47 Å². The molecule has 2 aliphatic carbocycles. The Morgan fingerprint density at radius 1 is 1.21 bits per heavy atom. The largest absolute Gasteiger partial charge is 0.344 e. The Labute approximate surface area is 118 Å². The number of nitrogens with zero attached hydrogens (tertiary/aromatic N) is 1. The number of hydrogen-bond acceptors (Lipinski definition) is 4. The molecule has 1 aromatic rings. The van der Waals surface area contributed by atoms with Gasteiger partial charge in [0.2, 0.25) is 0 Å². The molecular weight excluding hydrogens is 258 g/mol. The molecule has 0 unspecified atom stereocenters. The topological polar surface area (TPSA) is 31.4 Å². The van der Waals surface area contributed by atoms with Crippen LogP contribution in [0.25, 0.3) is 0 Å². The molecule has 3 fully saturated rings. The maximum Gasteiger partial charge on any atom is 0.163 e. The lowest BCUT2D eigenvalue weighted by Gasteiger charge is -2.28. The van der Waals surface area contributed by atoms with E-state index in [1.807, 2.05) is 37.9 Å². The smallest absolute Gasteiger partial charge is 0.163 e. The zero-order valence-electron chi connectivity index (χ0n) is 11.3. The molecule has 1 aliphatic heterocycles. The van der Waals surface area contributed by atoms with Gasteiger partial charge in [-0.05, 0) is 44.7 Å². The van der Waals surface area contributed by atoms with E-state index in [2.05, 4.69) is 17.1 Å². The van der Waals surface area contributed by atoms with Gasteiger partial charge in [-0.25, -0.2) is 4.98 Å². The maximum atomic E-state index is 6.12. The molecule has 19 heavy (non-hydrogen) atoms. The molecular formula is C15H19NO2S. The lowest BCUT2D eigenvalue weighted by molar-refractivity contribution is -0.157. The standard InChI is InChI=1S/C15H19NO2S/c1-15(2)17-13-9-7-10(14(13)18-15)11(8-9)19-12-5-3-4-6-16-12/h3-6,9-11,13-14H,7-8H2,1-2H3/t9-,10+,11+,13-,14+/m0/s1. The molecule has 1 saturated heterocycles. The molecule has 3 nitrogen and oxygen atoms in total. The molecule has 2 heterocycles. The summed E-state index contributed by atoms with van der Waals surface area (Å²) in [7, 11) is 0. The molecule has 5 atom stereocenters. The van der Waals surface area contributed by atoms with Gasteiger partial charge in [0.05, 0.1) is 17.2 Å². The number of ether oxygens (including phenoxy) is 2. The van der Waals surface area contributed by atoms with E-state index in [9.17, 15) is 0 Å². The van der Waals surface area contributed by atoms with Crippen molar-refractivity contribution in [3.8, 4) is 0 Å². The van der Waals surface area contributed by atoms with Crippen LogP contribution in [0, 0.1) is 11.8 Å². The molecule has 0 aromatic carbocycles. The number of hydrogen-bond donors (Lipinski definition) is 0. The van der Waals surface area contributed by atoms with E-state index in [1.165, 1.54) is 12.8 Å². The number of thioether (sulfide) groups is 1. The quantitative estimate of drug-likeness (QED) is 0.831. The first-order valence-corrected chi connectivity index (χ1v) is 7.94. The highest BCUT2D eigenvalue weighted by Crippen LogP contribution is 2.56. The summed E-state index contributed by atoms with van der Waals surface area (Å²) in [6.45, 7) is 4.07. The van der Waals surface area contributed by atoms with Gasteiger partial charge in [0.25, 0.3) is 0 Å². The Bertz CT molecular complexity index is 478. The van der Waals surface area contributed by atoms with Gasteiger partial charge < -0.3 is 9.47 Å². The van der Waals surface area contributed by atoms with E-state index in [0.717, 1.165) is 5.03 Å². The molecule has 2 saturated carbocycles. The summed E-state index contributed by atoms with van der Waals surface area (Å²) in [5.74, 6) is 0.915. The fourth-order valence-electron chi connectivity index (χ4n) is 3.90. The molecule has 0 spiro atoms. The third-order valence-electron chi connectivity index (χ3n) is 4.55. The normalized spacial score (nSPS) is 42.5. The zero-order valence-corrected chi connectivity index (χ0v) is 12.1. The van der Waals surface area contributed by atoms with Crippen molar-refractivity contribution < 1.29 is 9.47 Å². The second-order valence-corrected chi connectivity index (χ2v) is 7.54. The molecule has 3 aliphatic rings. The lowest BCUT2D eigenvalue weighted by Crippen LogP contribution is -2.35. The number of pyridine rings is 1. The van der Waals surface area contributed by atoms with Crippen molar-refractivity contribution in [3.05, 3.63) is 24.4 Å². The van der Waals surface area contributed by atoms with Crippen LogP contribution in [0.3, 0.4) is 0 Å². The van der Waals surface area contributed by atoms with Crippen LogP contribution in [0.4, 0.5) is 0 Å². The maximum absolute atomic E-state index is 6.12. The Kier molecular flexibility index (Phi) is 2.70. The number of aromatic nitrogens is 1. The number of rotatable bonds is 2. The van der Waals surface area contributed by atoms with Crippen LogP contribution in [0.5, 0.6) is 0 Å². The molecule has 0 N–H and O–H groups in total. The van der Waals surface area contributed by atoms with Crippen LogP contribution < -0.4 is 0 Å². The average molecular weight is 277 g/mol. The van der Waals surface area contributed by atoms with Gasteiger partial charge in [0.1, 0.15) is 0 Å². The summed E-state index contributed by atoms with van der Waals surface area (Å²) in [5, 5.41) is 1.77. The van der Waals surface area contributed by atoms with Crippen molar-refractivity contribution in [1.29, 1.82) is 0 Å². The first-order chi connectivity index (χ1) is 9.12. The van der Waals surface area contributed by atoms with Crippen molar-refractivity contribution in [1.82, 2.24) is 4.98 Å². The Hall–Kier alpha value is -0.580. The van der Waals surface area contributed by atoms with Gasteiger partial charge in [-0.3, -0.25) is 0 Å². The highest BCUT2D eigenvalue weighted by Gasteiger charge is 2.60. The summed E-state index contributed by atoms with van der Waals surface area (Å²) in [5.41, 5.74) is 0. The van der Waals surface area contributed by atoms with Gasteiger partial charge in [-0.1, -0.05) is 6.07 Å². The van der Waals surface area contributed by atoms with Crippen molar-refractivity contribution >= 4 is 11.8 Å². The Morgan fingerprint density at radius 2 is 2.05 bits per heavy atom. The van der Waals surface area contributed by atoms with Crippen LogP contribution in [0.1, 0.15) is 26.7 Å². The third kappa shape index (κ3) is 2.01. The minimum Gasteiger partial charge on any atom is -0.344 e. The van der Waals surface area contributed by atoms with E-state index in [0.29, 0.717) is 29.3 Å². The van der Waals surface area contributed by atoms with Crippen molar-refractivity contribution in [2.45, 2.75) is 55.0 Å². The summed E-state index contributed by atoms with van der Waals surface area (Å²) >= 11 is 1.92. The minimum absolute atomic E-state index is 0.301. The molecule has 1 aromatic heterocycles. The third-order valence-corrected chi connectivity index (χ3v) is 5.88. The molecule has 0 radical (unpaired) electrons. The van der Waals surface area contributed by atoms with Gasteiger partial charge in [0.15, 0.2) is 5.79 Å². The SMILES string of the molecule is CC1(C)O[C@@H]2[C@@H]3C[C@@H](C[C@H]3Sc3ccccn3)[C@@H]2O1. The van der Waals surface area contributed by atoms with E-state index in [1.54, 1.807) is 0 Å². The predicted octanol–water partition coefficient (Wildman–Crippen LogP) is 3.10. The van der Waals surface area contributed by atoms with Gasteiger partial charge in [-0.2, -0.15) is 0 Å². The monoisotopic (exact) mass is 277 g/mol. The van der Waals surface area contributed by atoms with Crippen LogP contribution in [-0.2, 0) is 9.47 Å². The molecule has 4 heteroatoms. The second-order valence-electron chi connectivity index (χ2n) is 6.28. The van der Waals surface area contributed by atoms with Crippen molar-refractivity contribution in [2.75, 3.05) is 0 Å². The minimum atomic E-state index is -0.392. The van der Waals surface area contributed by atoms with Crippen molar-refractivity contribution in [3.63, 3.8) is 0 Å². The summed E-state index contributed by atoms with van der Waals surface area (Å²) < 4.78 is 12.2. The highest BCUT2D eigenvalue weighted by molar-refractivity contribution is 7.99. The Morgan fingerprint density at radius 3 is 2.84 bits per heavy atom. The Balaban J connectivity index is 1.51. The molecule has 4 rings (SSSR count).